The molecule has 0 aromatic heterocycles. The molecule has 2 N–H and O–H groups in total. The molecule has 0 radical (unpaired) electrons. The van der Waals surface area contributed by atoms with Crippen molar-refractivity contribution in [1.82, 2.24) is 5.32 Å². The van der Waals surface area contributed by atoms with Crippen LogP contribution in [0.1, 0.15) is 6.92 Å². The van der Waals surface area contributed by atoms with E-state index in [2.05, 4.69) is 21.9 Å². The van der Waals surface area contributed by atoms with Crippen LogP contribution in [0.2, 0.25) is 0 Å². The number of amides is 1. The Labute approximate surface area is 76.1 Å². The van der Waals surface area contributed by atoms with E-state index in [-0.39, 0.29) is 6.54 Å². The van der Waals surface area contributed by atoms with Gasteiger partial charge >= 0.3 is 5.97 Å². The number of hydrogen-bond donors (Lipinski definition) is 2. The maximum absolute atomic E-state index is 10.7. The number of methoxy groups -OCH3 is 1. The van der Waals surface area contributed by atoms with Gasteiger partial charge in [0, 0.05) is 0 Å². The third-order valence-electron chi connectivity index (χ3n) is 1.17. The van der Waals surface area contributed by atoms with Crippen molar-refractivity contribution in [3.05, 3.63) is 0 Å². The molecule has 0 aliphatic carbocycles. The first-order chi connectivity index (χ1) is 6.11. The van der Waals surface area contributed by atoms with E-state index < -0.39 is 18.0 Å². The second-order valence-electron chi connectivity index (χ2n) is 2.12. The van der Waals surface area contributed by atoms with Gasteiger partial charge in [-0.25, -0.2) is 4.79 Å². The van der Waals surface area contributed by atoms with Crippen LogP contribution in [0.15, 0.2) is 0 Å². The second kappa shape index (κ2) is 6.03. The molecule has 72 valence electrons. The molecule has 1 amide bonds. The molecule has 5 nitrogen and oxygen atoms in total. The molecule has 0 fully saturated rings. The van der Waals surface area contributed by atoms with E-state index in [1.165, 1.54) is 6.92 Å². The third kappa shape index (κ3) is 4.82. The Morgan fingerprint density at radius 1 is 1.62 bits per heavy atom. The topological polar surface area (TPSA) is 75.6 Å². The summed E-state index contributed by atoms with van der Waals surface area (Å²) in [5, 5.41) is 11.2. The largest absolute Gasteiger partial charge is 0.467 e. The van der Waals surface area contributed by atoms with E-state index in [9.17, 15) is 9.59 Å². The minimum Gasteiger partial charge on any atom is -0.467 e. The Balaban J connectivity index is 3.80. The Bertz CT molecular complexity index is 251. The lowest BCUT2D eigenvalue weighted by Crippen LogP contribution is -2.36. The minimum absolute atomic E-state index is 0.194. The number of carbonyl (C=O) groups excluding carboxylic acids is 2. The summed E-state index contributed by atoms with van der Waals surface area (Å²) in [6, 6.07) is 0. The van der Waals surface area contributed by atoms with Gasteiger partial charge < -0.3 is 15.2 Å². The van der Waals surface area contributed by atoms with Crippen LogP contribution in [0.3, 0.4) is 0 Å². The van der Waals surface area contributed by atoms with Crippen molar-refractivity contribution in [3.8, 4) is 11.8 Å². The normalized spacial score (nSPS) is 10.7. The maximum atomic E-state index is 10.7. The lowest BCUT2D eigenvalue weighted by atomic mass is 10.3. The molecule has 0 saturated heterocycles. The number of nitrogens with one attached hydrogen (secondary N) is 1. The van der Waals surface area contributed by atoms with Gasteiger partial charge in [0.25, 0.3) is 5.91 Å². The number of ether oxygens (including phenoxy) is 1. The predicted octanol–water partition coefficient (Wildman–Crippen LogP) is -1.34. The van der Waals surface area contributed by atoms with E-state index in [0.29, 0.717) is 0 Å². The maximum Gasteiger partial charge on any atom is 0.336 e. The van der Waals surface area contributed by atoms with Crippen LogP contribution in [0.4, 0.5) is 0 Å². The van der Waals surface area contributed by atoms with Crippen molar-refractivity contribution in [1.29, 1.82) is 0 Å². The Kier molecular flexibility index (Phi) is 5.32. The van der Waals surface area contributed by atoms with Gasteiger partial charge in [0.05, 0.1) is 13.7 Å². The molecule has 1 atom stereocenters. The smallest absolute Gasteiger partial charge is 0.336 e. The molecule has 5 heteroatoms. The van der Waals surface area contributed by atoms with Crippen LogP contribution in [-0.2, 0) is 14.3 Å². The fraction of sp³-hybridized carbons (Fsp3) is 0.500. The first-order valence-electron chi connectivity index (χ1n) is 3.58. The van der Waals surface area contributed by atoms with E-state index in [4.69, 9.17) is 5.11 Å². The van der Waals surface area contributed by atoms with Gasteiger partial charge in [-0.05, 0) is 12.8 Å². The summed E-state index contributed by atoms with van der Waals surface area (Å²) in [6.07, 6.45) is -1.34. The quantitative estimate of drug-likeness (QED) is 0.421. The van der Waals surface area contributed by atoms with Crippen molar-refractivity contribution in [3.63, 3.8) is 0 Å². The summed E-state index contributed by atoms with van der Waals surface area (Å²) < 4.78 is 4.23. The Morgan fingerprint density at radius 2 is 2.23 bits per heavy atom. The highest BCUT2D eigenvalue weighted by Gasteiger charge is 2.15. The Morgan fingerprint density at radius 3 is 2.69 bits per heavy atom. The number of hydrogen-bond acceptors (Lipinski definition) is 4. The molecule has 0 saturated carbocycles. The standard InChI is InChI=1S/C8H11NO4/c1-3-4-7(11)9-5-6(10)8(12)13-2/h6,10H,5H2,1-2H3,(H,9,11). The van der Waals surface area contributed by atoms with Crippen molar-refractivity contribution >= 4 is 11.9 Å². The SMILES string of the molecule is CC#CC(=O)NCC(O)C(=O)OC. The molecule has 0 aliphatic rings. The first-order valence-corrected chi connectivity index (χ1v) is 3.58. The van der Waals surface area contributed by atoms with E-state index >= 15 is 0 Å². The van der Waals surface area contributed by atoms with Gasteiger partial charge in [0.2, 0.25) is 0 Å². The lowest BCUT2D eigenvalue weighted by Gasteiger charge is -2.07. The number of aliphatic hydroxyl groups is 1. The fourth-order valence-corrected chi connectivity index (χ4v) is 0.566. The molecule has 1 unspecified atom stereocenters. The molecular weight excluding hydrogens is 174 g/mol. The molecule has 0 aromatic rings. The van der Waals surface area contributed by atoms with Crippen LogP contribution in [-0.4, -0.2) is 36.7 Å². The van der Waals surface area contributed by atoms with Crippen LogP contribution in [0.25, 0.3) is 0 Å². The summed E-state index contributed by atoms with van der Waals surface area (Å²) in [4.78, 5) is 21.3. The summed E-state index contributed by atoms with van der Waals surface area (Å²) in [6.45, 7) is 1.32. The summed E-state index contributed by atoms with van der Waals surface area (Å²) in [7, 11) is 1.15. The zero-order chi connectivity index (χ0) is 10.3. The van der Waals surface area contributed by atoms with E-state index in [1.54, 1.807) is 0 Å². The number of aliphatic hydroxyl groups excluding tert-OH is 1. The van der Waals surface area contributed by atoms with Crippen LogP contribution in [0.5, 0.6) is 0 Å². The summed E-state index contributed by atoms with van der Waals surface area (Å²) >= 11 is 0. The van der Waals surface area contributed by atoms with Crippen molar-refractivity contribution in [2.45, 2.75) is 13.0 Å². The molecule has 0 bridgehead atoms. The summed E-state index contributed by atoms with van der Waals surface area (Å²) in [5.41, 5.74) is 0. The van der Waals surface area contributed by atoms with Crippen LogP contribution < -0.4 is 5.32 Å². The Hall–Kier alpha value is -1.54. The zero-order valence-corrected chi connectivity index (χ0v) is 7.46. The highest BCUT2D eigenvalue weighted by Crippen LogP contribution is 1.84. The van der Waals surface area contributed by atoms with Gasteiger partial charge in [-0.1, -0.05) is 5.92 Å². The second-order valence-corrected chi connectivity index (χ2v) is 2.12. The van der Waals surface area contributed by atoms with E-state index in [0.717, 1.165) is 7.11 Å². The summed E-state index contributed by atoms with van der Waals surface area (Å²) in [5.74, 6) is 3.25. The number of rotatable bonds is 3. The minimum atomic E-state index is -1.34. The predicted molar refractivity (Wildman–Crippen MR) is 44.5 cm³/mol. The van der Waals surface area contributed by atoms with Crippen molar-refractivity contribution in [2.75, 3.05) is 13.7 Å². The highest BCUT2D eigenvalue weighted by molar-refractivity contribution is 5.93. The number of carbonyl (C=O) groups is 2. The molecule has 13 heavy (non-hydrogen) atoms. The zero-order valence-electron chi connectivity index (χ0n) is 7.46. The van der Waals surface area contributed by atoms with Gasteiger partial charge in [-0.2, -0.15) is 0 Å². The van der Waals surface area contributed by atoms with Crippen molar-refractivity contribution < 1.29 is 19.4 Å². The molecular formula is C8H11NO4. The van der Waals surface area contributed by atoms with Crippen LogP contribution in [0, 0.1) is 11.8 Å². The molecule has 0 aliphatic heterocycles. The van der Waals surface area contributed by atoms with Gasteiger partial charge in [0.1, 0.15) is 0 Å². The van der Waals surface area contributed by atoms with Crippen molar-refractivity contribution in [2.24, 2.45) is 0 Å². The number of esters is 1. The molecule has 0 heterocycles. The van der Waals surface area contributed by atoms with Gasteiger partial charge in [-0.3, -0.25) is 4.79 Å². The molecule has 0 rings (SSSR count). The fourth-order valence-electron chi connectivity index (χ4n) is 0.566. The highest BCUT2D eigenvalue weighted by atomic mass is 16.5. The van der Waals surface area contributed by atoms with E-state index in [1.807, 2.05) is 0 Å². The lowest BCUT2D eigenvalue weighted by molar-refractivity contribution is -0.150. The van der Waals surface area contributed by atoms with Gasteiger partial charge in [-0.15, -0.1) is 0 Å². The average Bonchev–Trinajstić information content (AvgIpc) is 2.13. The third-order valence-corrected chi connectivity index (χ3v) is 1.17. The first kappa shape index (κ1) is 11.5. The average molecular weight is 185 g/mol. The molecule has 0 spiro atoms. The van der Waals surface area contributed by atoms with Crippen LogP contribution >= 0.6 is 0 Å². The monoisotopic (exact) mass is 185 g/mol. The van der Waals surface area contributed by atoms with Gasteiger partial charge in [0.15, 0.2) is 6.10 Å². The molecule has 0 aromatic carbocycles.